The Morgan fingerprint density at radius 2 is 1.89 bits per heavy atom. The number of aromatic hydroxyl groups is 1. The van der Waals surface area contributed by atoms with Crippen LogP contribution in [0, 0.1) is 13.8 Å². The number of nitrogens with zero attached hydrogens (tertiary/aromatic N) is 3. The minimum atomic E-state index is -0.00430. The summed E-state index contributed by atoms with van der Waals surface area (Å²) >= 11 is 11.7. The van der Waals surface area contributed by atoms with Gasteiger partial charge in [-0.15, -0.1) is 5.10 Å². The molecule has 0 amide bonds. The zero-order valence-electron chi connectivity index (χ0n) is 10.4. The van der Waals surface area contributed by atoms with E-state index in [1.54, 1.807) is 6.07 Å². The van der Waals surface area contributed by atoms with E-state index in [2.05, 4.69) is 20.5 Å². The second-order valence-electron chi connectivity index (χ2n) is 4.06. The molecule has 7 heteroatoms. The first-order valence-corrected chi connectivity index (χ1v) is 6.31. The van der Waals surface area contributed by atoms with Gasteiger partial charge in [-0.2, -0.15) is 5.10 Å². The Labute approximate surface area is 120 Å². The zero-order chi connectivity index (χ0) is 14.0. The average molecular weight is 299 g/mol. The second-order valence-corrected chi connectivity index (χ2v) is 4.90. The zero-order valence-corrected chi connectivity index (χ0v) is 11.9. The minimum Gasteiger partial charge on any atom is -0.506 e. The number of nitrogens with one attached hydrogen (secondary N) is 1. The summed E-state index contributed by atoms with van der Waals surface area (Å²) in [5.74, 6) is 0.383. The number of rotatable bonds is 3. The normalized spacial score (nSPS) is 10.5. The fraction of sp³-hybridized carbons (Fsp3) is 0.250. The molecule has 100 valence electrons. The van der Waals surface area contributed by atoms with Crippen molar-refractivity contribution in [1.29, 1.82) is 0 Å². The Bertz CT molecular complexity index is 619. The van der Waals surface area contributed by atoms with Gasteiger partial charge in [0.05, 0.1) is 16.4 Å². The van der Waals surface area contributed by atoms with E-state index in [9.17, 15) is 5.11 Å². The molecular weight excluding hydrogens is 287 g/mol. The lowest BCUT2D eigenvalue weighted by Gasteiger charge is -2.09. The van der Waals surface area contributed by atoms with Crippen LogP contribution in [-0.4, -0.2) is 20.3 Å². The van der Waals surface area contributed by atoms with Crippen molar-refractivity contribution in [2.45, 2.75) is 20.4 Å². The van der Waals surface area contributed by atoms with Crippen molar-refractivity contribution in [2.24, 2.45) is 0 Å². The van der Waals surface area contributed by atoms with Crippen LogP contribution in [0.4, 0.5) is 5.95 Å². The number of halogens is 2. The SMILES string of the molecule is Cc1nnc(NCc2cc(Cl)cc(Cl)c2O)nc1C. The molecule has 2 N–H and O–H groups in total. The molecule has 2 rings (SSSR count). The van der Waals surface area contributed by atoms with Gasteiger partial charge in [-0.3, -0.25) is 0 Å². The van der Waals surface area contributed by atoms with Crippen LogP contribution in [0.5, 0.6) is 5.75 Å². The summed E-state index contributed by atoms with van der Waals surface area (Å²) in [6, 6.07) is 3.11. The summed E-state index contributed by atoms with van der Waals surface area (Å²) in [4.78, 5) is 4.23. The highest BCUT2D eigenvalue weighted by Crippen LogP contribution is 2.31. The average Bonchev–Trinajstić information content (AvgIpc) is 2.36. The standard InChI is InChI=1S/C12H12Cl2N4O/c1-6-7(2)17-18-12(16-6)15-5-8-3-9(13)4-10(14)11(8)19/h3-4,19H,5H2,1-2H3,(H,15,16,18). The van der Waals surface area contributed by atoms with Crippen molar-refractivity contribution in [3.05, 3.63) is 39.1 Å². The van der Waals surface area contributed by atoms with Crippen molar-refractivity contribution in [3.8, 4) is 5.75 Å². The highest BCUT2D eigenvalue weighted by atomic mass is 35.5. The minimum absolute atomic E-state index is 0.00430. The maximum Gasteiger partial charge on any atom is 0.243 e. The molecule has 0 bridgehead atoms. The van der Waals surface area contributed by atoms with Crippen LogP contribution in [-0.2, 0) is 6.54 Å². The van der Waals surface area contributed by atoms with Crippen LogP contribution < -0.4 is 5.32 Å². The highest BCUT2D eigenvalue weighted by Gasteiger charge is 2.09. The van der Waals surface area contributed by atoms with Crippen molar-refractivity contribution < 1.29 is 5.11 Å². The molecule has 0 spiro atoms. The molecule has 2 aromatic rings. The smallest absolute Gasteiger partial charge is 0.243 e. The number of hydrogen-bond acceptors (Lipinski definition) is 5. The van der Waals surface area contributed by atoms with Gasteiger partial charge >= 0.3 is 0 Å². The Morgan fingerprint density at radius 3 is 2.58 bits per heavy atom. The van der Waals surface area contributed by atoms with E-state index in [0.717, 1.165) is 11.4 Å². The summed E-state index contributed by atoms with van der Waals surface area (Å²) in [5.41, 5.74) is 2.14. The second kappa shape index (κ2) is 5.59. The number of aromatic nitrogens is 3. The number of anilines is 1. The van der Waals surface area contributed by atoms with Crippen LogP contribution in [0.25, 0.3) is 0 Å². The van der Waals surface area contributed by atoms with Gasteiger partial charge in [-0.1, -0.05) is 23.2 Å². The third-order valence-corrected chi connectivity index (χ3v) is 3.14. The maximum atomic E-state index is 9.81. The molecule has 0 saturated heterocycles. The first-order chi connectivity index (χ1) is 8.97. The monoisotopic (exact) mass is 298 g/mol. The van der Waals surface area contributed by atoms with Crippen molar-refractivity contribution in [1.82, 2.24) is 15.2 Å². The lowest BCUT2D eigenvalue weighted by Crippen LogP contribution is -2.07. The third kappa shape index (κ3) is 3.24. The van der Waals surface area contributed by atoms with Gasteiger partial charge in [-0.25, -0.2) is 4.98 Å². The molecule has 1 aromatic heterocycles. The summed E-state index contributed by atoms with van der Waals surface area (Å²) in [6.45, 7) is 3.99. The summed E-state index contributed by atoms with van der Waals surface area (Å²) < 4.78 is 0. The van der Waals surface area contributed by atoms with Crippen molar-refractivity contribution >= 4 is 29.2 Å². The number of benzene rings is 1. The van der Waals surface area contributed by atoms with Gasteiger partial charge in [-0.05, 0) is 26.0 Å². The summed E-state index contributed by atoms with van der Waals surface area (Å²) in [6.07, 6.45) is 0. The maximum absolute atomic E-state index is 9.81. The lowest BCUT2D eigenvalue weighted by atomic mass is 10.2. The van der Waals surface area contributed by atoms with Crippen LogP contribution >= 0.6 is 23.2 Å². The quantitative estimate of drug-likeness (QED) is 0.911. The van der Waals surface area contributed by atoms with E-state index < -0.39 is 0 Å². The van der Waals surface area contributed by atoms with Gasteiger partial charge in [0.2, 0.25) is 5.95 Å². The first kappa shape index (κ1) is 13.8. The molecule has 0 fully saturated rings. The van der Waals surface area contributed by atoms with Gasteiger partial charge in [0.1, 0.15) is 5.75 Å². The fourth-order valence-corrected chi connectivity index (χ4v) is 2.00. The van der Waals surface area contributed by atoms with E-state index in [1.165, 1.54) is 6.07 Å². The Hall–Kier alpha value is -1.59. The van der Waals surface area contributed by atoms with Crippen molar-refractivity contribution in [3.63, 3.8) is 0 Å². The molecule has 0 unspecified atom stereocenters. The fourth-order valence-electron chi connectivity index (χ4n) is 1.46. The molecule has 0 aliphatic rings. The van der Waals surface area contributed by atoms with E-state index in [0.29, 0.717) is 23.1 Å². The van der Waals surface area contributed by atoms with Gasteiger partial charge in [0.25, 0.3) is 0 Å². The predicted octanol–water partition coefficient (Wildman–Crippen LogP) is 3.11. The van der Waals surface area contributed by atoms with Gasteiger partial charge in [0.15, 0.2) is 0 Å². The topological polar surface area (TPSA) is 70.9 Å². The van der Waals surface area contributed by atoms with Crippen LogP contribution in [0.1, 0.15) is 17.0 Å². The molecule has 0 radical (unpaired) electrons. The first-order valence-electron chi connectivity index (χ1n) is 5.56. The molecular formula is C12H12Cl2N4O. The largest absolute Gasteiger partial charge is 0.506 e. The molecule has 1 aromatic carbocycles. The molecule has 0 atom stereocenters. The Balaban J connectivity index is 2.16. The molecule has 0 aliphatic carbocycles. The third-order valence-electron chi connectivity index (χ3n) is 2.64. The Morgan fingerprint density at radius 1 is 1.16 bits per heavy atom. The molecule has 0 saturated carbocycles. The van der Waals surface area contributed by atoms with E-state index in [4.69, 9.17) is 23.2 Å². The van der Waals surface area contributed by atoms with E-state index >= 15 is 0 Å². The predicted molar refractivity (Wildman–Crippen MR) is 74.8 cm³/mol. The van der Waals surface area contributed by atoms with Crippen LogP contribution in [0.3, 0.4) is 0 Å². The molecule has 19 heavy (non-hydrogen) atoms. The molecule has 1 heterocycles. The molecule has 5 nitrogen and oxygen atoms in total. The highest BCUT2D eigenvalue weighted by molar-refractivity contribution is 6.35. The number of phenolic OH excluding ortho intramolecular Hbond substituents is 1. The Kier molecular flexibility index (Phi) is 4.07. The van der Waals surface area contributed by atoms with Gasteiger partial charge < -0.3 is 10.4 Å². The number of aryl methyl sites for hydroxylation is 2. The van der Waals surface area contributed by atoms with Crippen LogP contribution in [0.15, 0.2) is 12.1 Å². The summed E-state index contributed by atoms with van der Waals surface area (Å²) in [7, 11) is 0. The molecule has 0 aliphatic heterocycles. The number of phenols is 1. The van der Waals surface area contributed by atoms with Crippen LogP contribution in [0.2, 0.25) is 10.0 Å². The van der Waals surface area contributed by atoms with E-state index in [1.807, 2.05) is 13.8 Å². The summed E-state index contributed by atoms with van der Waals surface area (Å²) in [5, 5.41) is 21.3. The van der Waals surface area contributed by atoms with Gasteiger partial charge in [0, 0.05) is 17.1 Å². The van der Waals surface area contributed by atoms with Crippen molar-refractivity contribution in [2.75, 3.05) is 5.32 Å². The lowest BCUT2D eigenvalue weighted by molar-refractivity contribution is 0.469. The van der Waals surface area contributed by atoms with E-state index in [-0.39, 0.29) is 10.8 Å². The number of hydrogen-bond donors (Lipinski definition) is 2.